The maximum atomic E-state index is 9.65. The summed E-state index contributed by atoms with van der Waals surface area (Å²) in [4.78, 5) is 0. The van der Waals surface area contributed by atoms with Gasteiger partial charge in [-0.05, 0) is 12.3 Å². The Morgan fingerprint density at radius 2 is 2.42 bits per heavy atom. The Balaban J connectivity index is 2.44. The van der Waals surface area contributed by atoms with Crippen molar-refractivity contribution < 1.29 is 5.11 Å². The highest BCUT2D eigenvalue weighted by Crippen LogP contribution is 2.21. The highest BCUT2D eigenvalue weighted by Gasteiger charge is 2.11. The Labute approximate surface area is 72.8 Å². The van der Waals surface area contributed by atoms with Crippen LogP contribution in [0.15, 0.2) is 12.4 Å². The molecule has 0 amide bonds. The van der Waals surface area contributed by atoms with Crippen molar-refractivity contribution in [2.45, 2.75) is 32.8 Å². The first kappa shape index (κ1) is 9.26. The minimum absolute atomic E-state index is 0.362. The van der Waals surface area contributed by atoms with Crippen LogP contribution in [0.25, 0.3) is 0 Å². The SMILES string of the molecule is CCC(C)CC(O)c1cn[nH]c1. The van der Waals surface area contributed by atoms with Crippen LogP contribution in [0.1, 0.15) is 38.4 Å². The zero-order valence-corrected chi connectivity index (χ0v) is 7.62. The first-order valence-electron chi connectivity index (χ1n) is 4.40. The summed E-state index contributed by atoms with van der Waals surface area (Å²) in [6.45, 7) is 4.27. The summed E-state index contributed by atoms with van der Waals surface area (Å²) in [5.74, 6) is 0.565. The number of hydrogen-bond acceptors (Lipinski definition) is 2. The molecule has 0 aromatic carbocycles. The number of nitrogens with zero attached hydrogens (tertiary/aromatic N) is 1. The van der Waals surface area contributed by atoms with Crippen LogP contribution in [0.4, 0.5) is 0 Å². The lowest BCUT2D eigenvalue weighted by Crippen LogP contribution is -2.02. The third kappa shape index (κ3) is 2.34. The van der Waals surface area contributed by atoms with E-state index in [9.17, 15) is 5.11 Å². The van der Waals surface area contributed by atoms with E-state index in [0.29, 0.717) is 5.92 Å². The van der Waals surface area contributed by atoms with Crippen molar-refractivity contribution >= 4 is 0 Å². The summed E-state index contributed by atoms with van der Waals surface area (Å²) < 4.78 is 0. The van der Waals surface area contributed by atoms with Gasteiger partial charge in [-0.15, -0.1) is 0 Å². The van der Waals surface area contributed by atoms with Gasteiger partial charge in [-0.3, -0.25) is 5.10 Å². The van der Waals surface area contributed by atoms with Crippen molar-refractivity contribution in [3.8, 4) is 0 Å². The molecule has 1 rings (SSSR count). The molecule has 1 heterocycles. The number of aromatic nitrogens is 2. The van der Waals surface area contributed by atoms with Gasteiger partial charge < -0.3 is 5.11 Å². The Morgan fingerprint density at radius 3 is 2.92 bits per heavy atom. The molecule has 0 radical (unpaired) electrons. The van der Waals surface area contributed by atoms with E-state index in [2.05, 4.69) is 24.0 Å². The summed E-state index contributed by atoms with van der Waals surface area (Å²) in [5.41, 5.74) is 0.885. The second-order valence-corrected chi connectivity index (χ2v) is 3.30. The molecule has 2 atom stereocenters. The first-order chi connectivity index (χ1) is 5.74. The van der Waals surface area contributed by atoms with Crippen LogP contribution in [0.3, 0.4) is 0 Å². The molecule has 0 aliphatic heterocycles. The molecule has 12 heavy (non-hydrogen) atoms. The van der Waals surface area contributed by atoms with Crippen LogP contribution < -0.4 is 0 Å². The summed E-state index contributed by atoms with van der Waals surface area (Å²) >= 11 is 0. The lowest BCUT2D eigenvalue weighted by atomic mass is 9.98. The van der Waals surface area contributed by atoms with Crippen LogP contribution in [-0.4, -0.2) is 15.3 Å². The molecule has 0 aliphatic carbocycles. The van der Waals surface area contributed by atoms with Gasteiger partial charge in [-0.1, -0.05) is 20.3 Å². The van der Waals surface area contributed by atoms with E-state index >= 15 is 0 Å². The van der Waals surface area contributed by atoms with Gasteiger partial charge in [-0.2, -0.15) is 5.10 Å². The fourth-order valence-electron chi connectivity index (χ4n) is 1.13. The molecule has 0 saturated carbocycles. The zero-order chi connectivity index (χ0) is 8.97. The molecule has 2 N–H and O–H groups in total. The van der Waals surface area contributed by atoms with E-state index in [1.54, 1.807) is 12.4 Å². The molecule has 1 aromatic rings. The predicted octanol–water partition coefficient (Wildman–Crippen LogP) is 1.88. The number of hydrogen-bond donors (Lipinski definition) is 2. The second-order valence-electron chi connectivity index (χ2n) is 3.30. The number of H-pyrrole nitrogens is 1. The quantitative estimate of drug-likeness (QED) is 0.721. The molecule has 0 spiro atoms. The minimum atomic E-state index is -0.362. The second kappa shape index (κ2) is 4.26. The van der Waals surface area contributed by atoms with Gasteiger partial charge in [-0.25, -0.2) is 0 Å². The van der Waals surface area contributed by atoms with E-state index in [4.69, 9.17) is 0 Å². The third-order valence-electron chi connectivity index (χ3n) is 2.23. The molecule has 2 unspecified atom stereocenters. The fourth-order valence-corrected chi connectivity index (χ4v) is 1.13. The lowest BCUT2D eigenvalue weighted by Gasteiger charge is -2.12. The molecule has 68 valence electrons. The third-order valence-corrected chi connectivity index (χ3v) is 2.23. The summed E-state index contributed by atoms with van der Waals surface area (Å²) in [6, 6.07) is 0. The maximum absolute atomic E-state index is 9.65. The highest BCUT2D eigenvalue weighted by molar-refractivity contribution is 5.06. The van der Waals surface area contributed by atoms with Gasteiger partial charge >= 0.3 is 0 Å². The standard InChI is InChI=1S/C9H16N2O/c1-3-7(2)4-9(12)8-5-10-11-6-8/h5-7,9,12H,3-4H2,1-2H3,(H,10,11). The van der Waals surface area contributed by atoms with Crippen LogP contribution in [0, 0.1) is 5.92 Å². The van der Waals surface area contributed by atoms with Crippen molar-refractivity contribution in [1.29, 1.82) is 0 Å². The molecule has 0 saturated heterocycles. The smallest absolute Gasteiger partial charge is 0.0823 e. The number of nitrogens with one attached hydrogen (secondary N) is 1. The van der Waals surface area contributed by atoms with E-state index in [1.807, 2.05) is 0 Å². The van der Waals surface area contributed by atoms with Gasteiger partial charge in [0.1, 0.15) is 0 Å². The largest absolute Gasteiger partial charge is 0.388 e. The monoisotopic (exact) mass is 168 g/mol. The molecule has 0 bridgehead atoms. The summed E-state index contributed by atoms with van der Waals surface area (Å²) in [7, 11) is 0. The van der Waals surface area contributed by atoms with Gasteiger partial charge in [0.2, 0.25) is 0 Å². The van der Waals surface area contributed by atoms with Crippen molar-refractivity contribution in [3.05, 3.63) is 18.0 Å². The predicted molar refractivity (Wildman–Crippen MR) is 47.6 cm³/mol. The molecular weight excluding hydrogens is 152 g/mol. The van der Waals surface area contributed by atoms with Gasteiger partial charge in [0.15, 0.2) is 0 Å². The van der Waals surface area contributed by atoms with Crippen LogP contribution in [0.5, 0.6) is 0 Å². The van der Waals surface area contributed by atoms with Crippen molar-refractivity contribution in [1.82, 2.24) is 10.2 Å². The molecule has 1 aromatic heterocycles. The van der Waals surface area contributed by atoms with Crippen molar-refractivity contribution in [2.24, 2.45) is 5.92 Å². The zero-order valence-electron chi connectivity index (χ0n) is 7.62. The van der Waals surface area contributed by atoms with Crippen LogP contribution >= 0.6 is 0 Å². The lowest BCUT2D eigenvalue weighted by molar-refractivity contribution is 0.146. The maximum Gasteiger partial charge on any atom is 0.0823 e. The number of rotatable bonds is 4. The van der Waals surface area contributed by atoms with E-state index in [0.717, 1.165) is 18.4 Å². The molecular formula is C9H16N2O. The number of aliphatic hydroxyl groups is 1. The number of aromatic amines is 1. The highest BCUT2D eigenvalue weighted by atomic mass is 16.3. The van der Waals surface area contributed by atoms with Gasteiger partial charge in [0.05, 0.1) is 12.3 Å². The normalized spacial score (nSPS) is 15.9. The van der Waals surface area contributed by atoms with Crippen molar-refractivity contribution in [2.75, 3.05) is 0 Å². The molecule has 0 fully saturated rings. The van der Waals surface area contributed by atoms with Gasteiger partial charge in [0, 0.05) is 11.8 Å². The van der Waals surface area contributed by atoms with Crippen LogP contribution in [-0.2, 0) is 0 Å². The number of aliphatic hydroxyl groups excluding tert-OH is 1. The van der Waals surface area contributed by atoms with E-state index in [1.165, 1.54) is 0 Å². The summed E-state index contributed by atoms with van der Waals surface area (Å²) in [5, 5.41) is 16.1. The van der Waals surface area contributed by atoms with Crippen molar-refractivity contribution in [3.63, 3.8) is 0 Å². The fraction of sp³-hybridized carbons (Fsp3) is 0.667. The average Bonchev–Trinajstić information content (AvgIpc) is 2.56. The minimum Gasteiger partial charge on any atom is -0.388 e. The van der Waals surface area contributed by atoms with Crippen LogP contribution in [0.2, 0.25) is 0 Å². The molecule has 3 heteroatoms. The Kier molecular flexibility index (Phi) is 3.29. The first-order valence-corrected chi connectivity index (χ1v) is 4.40. The molecule has 3 nitrogen and oxygen atoms in total. The van der Waals surface area contributed by atoms with Gasteiger partial charge in [0.25, 0.3) is 0 Å². The Bertz CT molecular complexity index is 208. The van der Waals surface area contributed by atoms with E-state index in [-0.39, 0.29) is 6.10 Å². The Hall–Kier alpha value is -0.830. The average molecular weight is 168 g/mol. The topological polar surface area (TPSA) is 48.9 Å². The summed E-state index contributed by atoms with van der Waals surface area (Å²) in [6.07, 6.45) is 4.98. The molecule has 0 aliphatic rings. The van der Waals surface area contributed by atoms with E-state index < -0.39 is 0 Å². The Morgan fingerprint density at radius 1 is 1.67 bits per heavy atom.